The van der Waals surface area contributed by atoms with Crippen molar-refractivity contribution in [2.24, 2.45) is 0 Å². The molecule has 1 saturated heterocycles. The number of rotatable bonds is 5. The first-order valence-electron chi connectivity index (χ1n) is 8.73. The molecule has 9 nitrogen and oxygen atoms in total. The van der Waals surface area contributed by atoms with Crippen LogP contribution >= 0.6 is 0 Å². The number of likely N-dealkylation sites (N-methyl/N-ethyl adjacent to an activating group) is 1. The number of nitrogens with zero attached hydrogens (tertiary/aromatic N) is 5. The highest BCUT2D eigenvalue weighted by Crippen LogP contribution is 2.32. The largest absolute Gasteiger partial charge is 0.465 e. The number of hydrogen-bond donors (Lipinski definition) is 2. The zero-order valence-electron chi connectivity index (χ0n) is 15.8. The van der Waals surface area contributed by atoms with Gasteiger partial charge < -0.3 is 25.7 Å². The second-order valence-corrected chi connectivity index (χ2v) is 6.43. The third kappa shape index (κ3) is 4.09. The van der Waals surface area contributed by atoms with Gasteiger partial charge in [0.2, 0.25) is 0 Å². The second-order valence-electron chi connectivity index (χ2n) is 6.43. The number of hydrazine groups is 1. The van der Waals surface area contributed by atoms with Crippen LogP contribution in [-0.2, 0) is 4.74 Å². The standard InChI is InChI=1S/C18H25N7O2/c1-23-8-10-25(11-9-23)22-16-15(19)17(21-12-20-16)24(2)14-7-5-4-6-13(14)18(26)27-3/h4-7,12H,8-11,19H2,1-3H3,(H,20,21,22). The average Bonchev–Trinajstić information content (AvgIpc) is 2.70. The zero-order chi connectivity index (χ0) is 19.4. The maximum absolute atomic E-state index is 12.1. The fourth-order valence-corrected chi connectivity index (χ4v) is 2.97. The van der Waals surface area contributed by atoms with Crippen LogP contribution in [0, 0.1) is 0 Å². The molecule has 1 aliphatic heterocycles. The molecule has 0 radical (unpaired) electrons. The van der Waals surface area contributed by atoms with Gasteiger partial charge in [0.05, 0.1) is 18.4 Å². The Bertz CT molecular complexity index is 806. The van der Waals surface area contributed by atoms with Crippen molar-refractivity contribution in [1.29, 1.82) is 0 Å². The molecule has 0 spiro atoms. The van der Waals surface area contributed by atoms with Crippen LogP contribution in [0.15, 0.2) is 30.6 Å². The van der Waals surface area contributed by atoms with Gasteiger partial charge in [-0.1, -0.05) is 12.1 Å². The molecule has 3 rings (SSSR count). The van der Waals surface area contributed by atoms with Gasteiger partial charge in [0, 0.05) is 33.2 Å². The Morgan fingerprint density at radius 2 is 1.93 bits per heavy atom. The average molecular weight is 371 g/mol. The van der Waals surface area contributed by atoms with Gasteiger partial charge in [-0.3, -0.25) is 0 Å². The van der Waals surface area contributed by atoms with Crippen LogP contribution in [0.3, 0.4) is 0 Å². The Hall–Kier alpha value is -2.91. The molecule has 0 atom stereocenters. The molecule has 1 aromatic carbocycles. The van der Waals surface area contributed by atoms with E-state index in [0.29, 0.717) is 28.6 Å². The summed E-state index contributed by atoms with van der Waals surface area (Å²) >= 11 is 0. The number of anilines is 4. The lowest BCUT2D eigenvalue weighted by atomic mass is 10.1. The summed E-state index contributed by atoms with van der Waals surface area (Å²) in [6, 6.07) is 7.16. The van der Waals surface area contributed by atoms with E-state index in [-0.39, 0.29) is 0 Å². The first kappa shape index (κ1) is 18.9. The Labute approximate surface area is 158 Å². The van der Waals surface area contributed by atoms with Crippen LogP contribution in [0.2, 0.25) is 0 Å². The van der Waals surface area contributed by atoms with E-state index in [1.165, 1.54) is 13.4 Å². The topological polar surface area (TPSA) is 99.8 Å². The van der Waals surface area contributed by atoms with Crippen molar-refractivity contribution in [3.63, 3.8) is 0 Å². The predicted molar refractivity (Wildman–Crippen MR) is 105 cm³/mol. The van der Waals surface area contributed by atoms with Gasteiger partial charge in [-0.05, 0) is 19.2 Å². The Morgan fingerprint density at radius 1 is 1.22 bits per heavy atom. The van der Waals surface area contributed by atoms with E-state index >= 15 is 0 Å². The van der Waals surface area contributed by atoms with Crippen LogP contribution in [-0.4, -0.2) is 73.2 Å². The lowest BCUT2D eigenvalue weighted by Crippen LogP contribution is -2.47. The summed E-state index contributed by atoms with van der Waals surface area (Å²) in [5, 5.41) is 2.09. The summed E-state index contributed by atoms with van der Waals surface area (Å²) in [7, 11) is 5.26. The molecule has 9 heteroatoms. The van der Waals surface area contributed by atoms with Gasteiger partial charge in [0.1, 0.15) is 12.0 Å². The second kappa shape index (κ2) is 8.19. The van der Waals surface area contributed by atoms with E-state index < -0.39 is 5.97 Å². The summed E-state index contributed by atoms with van der Waals surface area (Å²) in [5.74, 6) is 0.644. The normalized spacial score (nSPS) is 15.4. The Morgan fingerprint density at radius 3 is 2.63 bits per heavy atom. The van der Waals surface area contributed by atoms with Crippen LogP contribution < -0.4 is 16.1 Å². The summed E-state index contributed by atoms with van der Waals surface area (Å²) in [5.41, 5.74) is 11.1. The van der Waals surface area contributed by atoms with Crippen molar-refractivity contribution in [3.8, 4) is 0 Å². The molecule has 1 fully saturated rings. The highest BCUT2D eigenvalue weighted by Gasteiger charge is 2.21. The number of piperazine rings is 1. The molecule has 2 aromatic rings. The van der Waals surface area contributed by atoms with Crippen molar-refractivity contribution in [2.75, 3.05) is 63.4 Å². The first-order valence-corrected chi connectivity index (χ1v) is 8.73. The van der Waals surface area contributed by atoms with Crippen LogP contribution in [0.5, 0.6) is 0 Å². The van der Waals surface area contributed by atoms with E-state index in [1.807, 2.05) is 12.1 Å². The van der Waals surface area contributed by atoms with E-state index in [1.54, 1.807) is 24.1 Å². The van der Waals surface area contributed by atoms with Crippen molar-refractivity contribution >= 4 is 29.0 Å². The van der Waals surface area contributed by atoms with Crippen molar-refractivity contribution in [3.05, 3.63) is 36.2 Å². The number of ether oxygens (including phenoxy) is 1. The fourth-order valence-electron chi connectivity index (χ4n) is 2.97. The predicted octanol–water partition coefficient (Wildman–Crippen LogP) is 1.19. The summed E-state index contributed by atoms with van der Waals surface area (Å²) in [6.07, 6.45) is 1.46. The monoisotopic (exact) mass is 371 g/mol. The molecule has 1 aliphatic rings. The highest BCUT2D eigenvalue weighted by atomic mass is 16.5. The Balaban J connectivity index is 1.86. The van der Waals surface area contributed by atoms with Gasteiger partial charge >= 0.3 is 5.97 Å². The number of aromatic nitrogens is 2. The molecule has 1 aromatic heterocycles. The van der Waals surface area contributed by atoms with E-state index in [9.17, 15) is 4.79 Å². The number of nitrogens with one attached hydrogen (secondary N) is 1. The minimum atomic E-state index is -0.416. The first-order chi connectivity index (χ1) is 13.0. The third-order valence-corrected chi connectivity index (χ3v) is 4.62. The van der Waals surface area contributed by atoms with Crippen LogP contribution in [0.1, 0.15) is 10.4 Å². The molecular formula is C18H25N7O2. The van der Waals surface area contributed by atoms with Crippen molar-refractivity contribution < 1.29 is 9.53 Å². The molecule has 0 aliphatic carbocycles. The zero-order valence-corrected chi connectivity index (χ0v) is 15.8. The number of esters is 1. The molecule has 144 valence electrons. The molecule has 2 heterocycles. The van der Waals surface area contributed by atoms with Gasteiger partial charge in [0.15, 0.2) is 11.6 Å². The van der Waals surface area contributed by atoms with Gasteiger partial charge in [-0.2, -0.15) is 0 Å². The SMILES string of the molecule is COC(=O)c1ccccc1N(C)c1ncnc(NN2CCN(C)CC2)c1N. The minimum Gasteiger partial charge on any atom is -0.465 e. The number of para-hydroxylation sites is 1. The number of hydrogen-bond acceptors (Lipinski definition) is 9. The maximum atomic E-state index is 12.1. The van der Waals surface area contributed by atoms with Gasteiger partial charge in [0.25, 0.3) is 0 Å². The number of nitrogen functional groups attached to an aromatic ring is 1. The maximum Gasteiger partial charge on any atom is 0.339 e. The third-order valence-electron chi connectivity index (χ3n) is 4.62. The number of methoxy groups -OCH3 is 1. The van der Waals surface area contributed by atoms with E-state index in [0.717, 1.165) is 26.2 Å². The summed E-state index contributed by atoms with van der Waals surface area (Å²) in [4.78, 5) is 24.7. The summed E-state index contributed by atoms with van der Waals surface area (Å²) < 4.78 is 4.87. The van der Waals surface area contributed by atoms with Crippen molar-refractivity contribution in [1.82, 2.24) is 19.9 Å². The quantitative estimate of drug-likeness (QED) is 0.751. The molecular weight excluding hydrogens is 346 g/mol. The lowest BCUT2D eigenvalue weighted by molar-refractivity contribution is 0.0601. The molecule has 0 saturated carbocycles. The van der Waals surface area contributed by atoms with E-state index in [4.69, 9.17) is 10.5 Å². The smallest absolute Gasteiger partial charge is 0.339 e. The van der Waals surface area contributed by atoms with E-state index in [2.05, 4.69) is 32.4 Å². The number of carbonyl (C=O) groups excluding carboxylic acids is 1. The minimum absolute atomic E-state index is 0.415. The highest BCUT2D eigenvalue weighted by molar-refractivity contribution is 5.97. The molecule has 3 N–H and O–H groups in total. The summed E-state index contributed by atoms with van der Waals surface area (Å²) in [6.45, 7) is 3.68. The van der Waals surface area contributed by atoms with Crippen LogP contribution in [0.4, 0.5) is 23.0 Å². The number of benzene rings is 1. The molecule has 27 heavy (non-hydrogen) atoms. The fraction of sp³-hybridized carbons (Fsp3) is 0.389. The molecule has 0 amide bonds. The lowest BCUT2D eigenvalue weighted by Gasteiger charge is -2.33. The van der Waals surface area contributed by atoms with Crippen molar-refractivity contribution in [2.45, 2.75) is 0 Å². The molecule has 0 unspecified atom stereocenters. The van der Waals surface area contributed by atoms with Gasteiger partial charge in [-0.25, -0.2) is 19.8 Å². The number of carbonyl (C=O) groups is 1. The number of nitrogens with two attached hydrogens (primary N) is 1. The molecule has 0 bridgehead atoms. The van der Waals surface area contributed by atoms with Crippen LogP contribution in [0.25, 0.3) is 0 Å². The van der Waals surface area contributed by atoms with Gasteiger partial charge in [-0.15, -0.1) is 0 Å². The Kier molecular flexibility index (Phi) is 5.72.